The van der Waals surface area contributed by atoms with Crippen LogP contribution in [0.4, 0.5) is 0 Å². The van der Waals surface area contributed by atoms with Crippen LogP contribution in [0.2, 0.25) is 0 Å². The molecule has 2 aromatic rings. The fraction of sp³-hybridized carbons (Fsp3) is 0.444. The number of fused-ring (bicyclic) bond motifs is 1. The molecule has 0 bridgehead atoms. The summed E-state index contributed by atoms with van der Waals surface area (Å²) in [7, 11) is 0. The first-order chi connectivity index (χ1) is 10.1. The molecule has 4 heteroatoms. The number of aromatic nitrogens is 1. The minimum atomic E-state index is -0.981. The van der Waals surface area contributed by atoms with Gasteiger partial charge in [0, 0.05) is 11.1 Å². The molecule has 0 spiro atoms. The van der Waals surface area contributed by atoms with Crippen LogP contribution in [0, 0.1) is 20.8 Å². The van der Waals surface area contributed by atoms with Crippen LogP contribution in [-0.2, 0) is 9.53 Å². The number of hydrogen-bond acceptors (Lipinski definition) is 3. The summed E-state index contributed by atoms with van der Waals surface area (Å²) in [6.07, 6.45) is -0.981. The number of aliphatic carboxylic acids is 1. The molecule has 0 aliphatic rings. The Bertz CT molecular complexity index is 729. The predicted molar refractivity (Wildman–Crippen MR) is 87.2 cm³/mol. The molecular formula is C18H23NO3. The van der Waals surface area contributed by atoms with E-state index in [4.69, 9.17) is 4.74 Å². The first-order valence-electron chi connectivity index (χ1n) is 7.38. The van der Waals surface area contributed by atoms with Crippen LogP contribution in [0.5, 0.6) is 0 Å². The van der Waals surface area contributed by atoms with Crippen molar-refractivity contribution in [3.8, 4) is 0 Å². The molecule has 0 aliphatic heterocycles. The highest BCUT2D eigenvalue weighted by atomic mass is 16.5. The van der Waals surface area contributed by atoms with Gasteiger partial charge in [0.2, 0.25) is 0 Å². The zero-order valence-corrected chi connectivity index (χ0v) is 14.0. The maximum atomic E-state index is 11.7. The minimum Gasteiger partial charge on any atom is -0.479 e. The number of benzene rings is 1. The third-order valence-corrected chi connectivity index (χ3v) is 3.61. The maximum absolute atomic E-state index is 11.7. The SMILES string of the molecule is Cc1ccc2c(C)c(C(OC(C)(C)C)C(=O)O)c(C)cc2n1. The second-order valence-electron chi connectivity index (χ2n) is 6.70. The van der Waals surface area contributed by atoms with Gasteiger partial charge in [-0.25, -0.2) is 4.79 Å². The van der Waals surface area contributed by atoms with Gasteiger partial charge in [-0.2, -0.15) is 0 Å². The quantitative estimate of drug-likeness (QED) is 0.927. The van der Waals surface area contributed by atoms with Crippen molar-refractivity contribution in [3.63, 3.8) is 0 Å². The first-order valence-corrected chi connectivity index (χ1v) is 7.38. The molecule has 1 N–H and O–H groups in total. The van der Waals surface area contributed by atoms with Crippen LogP contribution in [0.3, 0.4) is 0 Å². The zero-order chi connectivity index (χ0) is 16.7. The van der Waals surface area contributed by atoms with E-state index in [1.165, 1.54) is 0 Å². The highest BCUT2D eigenvalue weighted by Gasteiger charge is 2.30. The van der Waals surface area contributed by atoms with Crippen LogP contribution in [-0.4, -0.2) is 21.7 Å². The van der Waals surface area contributed by atoms with Gasteiger partial charge in [-0.1, -0.05) is 6.07 Å². The highest BCUT2D eigenvalue weighted by molar-refractivity contribution is 5.87. The van der Waals surface area contributed by atoms with Gasteiger partial charge in [-0.15, -0.1) is 0 Å². The van der Waals surface area contributed by atoms with Crippen LogP contribution < -0.4 is 0 Å². The monoisotopic (exact) mass is 301 g/mol. The molecule has 118 valence electrons. The maximum Gasteiger partial charge on any atom is 0.337 e. The Morgan fingerprint density at radius 1 is 1.23 bits per heavy atom. The van der Waals surface area contributed by atoms with Crippen molar-refractivity contribution in [2.75, 3.05) is 0 Å². The lowest BCUT2D eigenvalue weighted by Gasteiger charge is -2.27. The fourth-order valence-corrected chi connectivity index (χ4v) is 2.72. The number of ether oxygens (including phenoxy) is 1. The average molecular weight is 301 g/mol. The number of hydrogen-bond donors (Lipinski definition) is 1. The molecule has 0 saturated heterocycles. The Kier molecular flexibility index (Phi) is 4.25. The molecule has 2 rings (SSSR count). The molecule has 0 fully saturated rings. The van der Waals surface area contributed by atoms with E-state index in [1.54, 1.807) is 0 Å². The van der Waals surface area contributed by atoms with Crippen LogP contribution >= 0.6 is 0 Å². The van der Waals surface area contributed by atoms with Gasteiger partial charge in [-0.3, -0.25) is 4.98 Å². The summed E-state index contributed by atoms with van der Waals surface area (Å²) >= 11 is 0. The van der Waals surface area contributed by atoms with Crippen molar-refractivity contribution in [2.24, 2.45) is 0 Å². The molecule has 0 aliphatic carbocycles. The third kappa shape index (κ3) is 3.28. The first kappa shape index (κ1) is 16.4. The summed E-state index contributed by atoms with van der Waals surface area (Å²) in [6.45, 7) is 11.4. The summed E-state index contributed by atoms with van der Waals surface area (Å²) in [4.78, 5) is 16.3. The molecule has 0 amide bonds. The molecule has 1 unspecified atom stereocenters. The van der Waals surface area contributed by atoms with Gasteiger partial charge in [-0.05, 0) is 70.4 Å². The minimum absolute atomic E-state index is 0.539. The second kappa shape index (κ2) is 5.69. The number of nitrogens with zero attached hydrogens (tertiary/aromatic N) is 1. The van der Waals surface area contributed by atoms with Crippen molar-refractivity contribution >= 4 is 16.9 Å². The Morgan fingerprint density at radius 2 is 1.86 bits per heavy atom. The van der Waals surface area contributed by atoms with Crippen molar-refractivity contribution < 1.29 is 14.6 Å². The van der Waals surface area contributed by atoms with Gasteiger partial charge >= 0.3 is 5.97 Å². The third-order valence-electron chi connectivity index (χ3n) is 3.61. The van der Waals surface area contributed by atoms with Crippen LogP contribution in [0.1, 0.15) is 49.3 Å². The number of carboxylic acid groups (broad SMARTS) is 1. The van der Waals surface area contributed by atoms with Gasteiger partial charge in [0.25, 0.3) is 0 Å². The zero-order valence-electron chi connectivity index (χ0n) is 14.0. The molecule has 22 heavy (non-hydrogen) atoms. The molecular weight excluding hydrogens is 278 g/mol. The molecule has 1 atom stereocenters. The lowest BCUT2D eigenvalue weighted by atomic mass is 9.93. The van der Waals surface area contributed by atoms with E-state index in [2.05, 4.69) is 4.98 Å². The van der Waals surface area contributed by atoms with E-state index >= 15 is 0 Å². The normalized spacial score (nSPS) is 13.4. The summed E-state index contributed by atoms with van der Waals surface area (Å²) in [5, 5.41) is 10.6. The Morgan fingerprint density at radius 3 is 2.41 bits per heavy atom. The Hall–Kier alpha value is -1.94. The Labute approximate surface area is 131 Å². The smallest absolute Gasteiger partial charge is 0.337 e. The molecule has 1 aromatic carbocycles. The van der Waals surface area contributed by atoms with Crippen molar-refractivity contribution in [1.29, 1.82) is 0 Å². The number of carboxylic acids is 1. The topological polar surface area (TPSA) is 59.4 Å². The molecule has 4 nitrogen and oxygen atoms in total. The summed E-state index contributed by atoms with van der Waals surface area (Å²) in [6, 6.07) is 5.87. The van der Waals surface area contributed by atoms with Crippen LogP contribution in [0.15, 0.2) is 18.2 Å². The fourth-order valence-electron chi connectivity index (χ4n) is 2.72. The van der Waals surface area contributed by atoms with E-state index in [9.17, 15) is 9.90 Å². The summed E-state index contributed by atoms with van der Waals surface area (Å²) < 4.78 is 5.80. The van der Waals surface area contributed by atoms with E-state index in [0.29, 0.717) is 0 Å². The lowest BCUT2D eigenvalue weighted by molar-refractivity contribution is -0.160. The average Bonchev–Trinajstić information content (AvgIpc) is 2.35. The van der Waals surface area contributed by atoms with E-state index in [0.717, 1.165) is 33.3 Å². The largest absolute Gasteiger partial charge is 0.479 e. The Balaban J connectivity index is 2.67. The van der Waals surface area contributed by atoms with Gasteiger partial charge < -0.3 is 9.84 Å². The van der Waals surface area contributed by atoms with Crippen LogP contribution in [0.25, 0.3) is 10.9 Å². The predicted octanol–water partition coefficient (Wildman–Crippen LogP) is 4.10. The number of rotatable bonds is 3. The molecule has 1 heterocycles. The van der Waals surface area contributed by atoms with Crippen molar-refractivity contribution in [1.82, 2.24) is 4.98 Å². The summed E-state index contributed by atoms with van der Waals surface area (Å²) in [5.74, 6) is -0.972. The van der Waals surface area contributed by atoms with E-state index in [-0.39, 0.29) is 0 Å². The molecule has 0 saturated carbocycles. The number of pyridine rings is 1. The van der Waals surface area contributed by atoms with Gasteiger partial charge in [0.1, 0.15) is 0 Å². The lowest BCUT2D eigenvalue weighted by Crippen LogP contribution is -2.28. The van der Waals surface area contributed by atoms with E-state index < -0.39 is 17.7 Å². The van der Waals surface area contributed by atoms with Gasteiger partial charge in [0.05, 0.1) is 11.1 Å². The van der Waals surface area contributed by atoms with E-state index in [1.807, 2.05) is 59.7 Å². The number of aryl methyl sites for hydroxylation is 3. The molecule has 0 radical (unpaired) electrons. The summed E-state index contributed by atoms with van der Waals surface area (Å²) in [5.41, 5.74) is 3.82. The van der Waals surface area contributed by atoms with Crippen molar-refractivity contribution in [3.05, 3.63) is 40.6 Å². The standard InChI is InChI=1S/C18H23NO3/c1-10-9-14-13(8-7-11(2)19-14)12(3)15(10)16(17(20)21)22-18(4,5)6/h7-9,16H,1-6H3,(H,20,21). The molecule has 1 aromatic heterocycles. The van der Waals surface area contributed by atoms with Crippen molar-refractivity contribution in [2.45, 2.75) is 53.2 Å². The second-order valence-corrected chi connectivity index (χ2v) is 6.70. The van der Waals surface area contributed by atoms with Gasteiger partial charge in [0.15, 0.2) is 6.10 Å². The highest BCUT2D eigenvalue weighted by Crippen LogP contribution is 2.33. The number of carbonyl (C=O) groups is 1.